The van der Waals surface area contributed by atoms with Crippen LogP contribution in [-0.2, 0) is 21.3 Å². The largest absolute Gasteiger partial charge is 0.490 e. The van der Waals surface area contributed by atoms with E-state index < -0.39 is 0 Å². The Morgan fingerprint density at radius 1 is 1.22 bits per heavy atom. The van der Waals surface area contributed by atoms with Gasteiger partial charge >= 0.3 is 5.97 Å². The molecular formula is C30H36ClNO5. The number of methoxy groups -OCH3 is 1. The van der Waals surface area contributed by atoms with E-state index >= 15 is 0 Å². The minimum atomic E-state index is -0.342. The second-order valence-electron chi connectivity index (χ2n) is 11.4. The molecule has 198 valence electrons. The first kappa shape index (κ1) is 25.0. The summed E-state index contributed by atoms with van der Waals surface area (Å²) in [6, 6.07) is 11.9. The Labute approximate surface area is 223 Å². The molecule has 0 aromatic heterocycles. The molecule has 2 fully saturated rings. The van der Waals surface area contributed by atoms with Crippen molar-refractivity contribution in [3.63, 3.8) is 0 Å². The molecule has 1 unspecified atom stereocenters. The highest BCUT2D eigenvalue weighted by atomic mass is 35.5. The number of carbonyl (C=O) groups excluding carboxylic acids is 1. The van der Waals surface area contributed by atoms with Gasteiger partial charge in [0.05, 0.1) is 37.2 Å². The van der Waals surface area contributed by atoms with Gasteiger partial charge in [0.2, 0.25) is 0 Å². The van der Waals surface area contributed by atoms with E-state index in [1.807, 2.05) is 18.2 Å². The Morgan fingerprint density at radius 2 is 2.11 bits per heavy atom. The van der Waals surface area contributed by atoms with Gasteiger partial charge in [-0.05, 0) is 98.2 Å². The van der Waals surface area contributed by atoms with Gasteiger partial charge in [-0.2, -0.15) is 0 Å². The summed E-state index contributed by atoms with van der Waals surface area (Å²) in [7, 11) is 1.42. The van der Waals surface area contributed by atoms with Gasteiger partial charge in [-0.15, -0.1) is 0 Å². The fourth-order valence-electron chi connectivity index (χ4n) is 7.06. The molecule has 4 aliphatic rings. The number of hydrogen-bond acceptors (Lipinski definition) is 6. The lowest BCUT2D eigenvalue weighted by Gasteiger charge is -2.47. The van der Waals surface area contributed by atoms with Crippen molar-refractivity contribution in [1.29, 1.82) is 0 Å². The number of aliphatic hydroxyl groups is 1. The number of nitrogens with zero attached hydrogens (tertiary/aromatic N) is 1. The molecule has 2 heterocycles. The molecule has 2 aromatic carbocycles. The number of ether oxygens (including phenoxy) is 3. The van der Waals surface area contributed by atoms with E-state index in [1.54, 1.807) is 6.07 Å². The van der Waals surface area contributed by atoms with E-state index in [0.29, 0.717) is 30.6 Å². The molecular weight excluding hydrogens is 490 g/mol. The van der Waals surface area contributed by atoms with Crippen LogP contribution in [0.25, 0.3) is 0 Å². The van der Waals surface area contributed by atoms with Crippen molar-refractivity contribution in [2.45, 2.75) is 62.6 Å². The van der Waals surface area contributed by atoms with E-state index in [1.165, 1.54) is 18.2 Å². The van der Waals surface area contributed by atoms with Crippen LogP contribution in [0.1, 0.15) is 60.0 Å². The summed E-state index contributed by atoms with van der Waals surface area (Å²) in [6.07, 6.45) is 6.76. The molecule has 6 rings (SSSR count). The van der Waals surface area contributed by atoms with Crippen molar-refractivity contribution in [2.24, 2.45) is 11.8 Å². The topological polar surface area (TPSA) is 68.2 Å². The molecule has 1 saturated carbocycles. The highest BCUT2D eigenvalue weighted by Gasteiger charge is 2.45. The van der Waals surface area contributed by atoms with Gasteiger partial charge in [0.15, 0.2) is 0 Å². The zero-order chi connectivity index (χ0) is 25.6. The highest BCUT2D eigenvalue weighted by Crippen LogP contribution is 2.47. The molecule has 1 spiro atoms. The van der Waals surface area contributed by atoms with Crippen LogP contribution in [0, 0.1) is 11.8 Å². The van der Waals surface area contributed by atoms with Crippen molar-refractivity contribution >= 4 is 23.3 Å². The first-order valence-electron chi connectivity index (χ1n) is 13.6. The predicted molar refractivity (Wildman–Crippen MR) is 143 cm³/mol. The Bertz CT molecular complexity index is 1170. The Balaban J connectivity index is 1.35. The van der Waals surface area contributed by atoms with Gasteiger partial charge in [-0.3, -0.25) is 0 Å². The van der Waals surface area contributed by atoms with E-state index in [2.05, 4.69) is 17.0 Å². The Hall–Kier alpha value is -2.28. The van der Waals surface area contributed by atoms with Crippen molar-refractivity contribution < 1.29 is 24.1 Å². The lowest BCUT2D eigenvalue weighted by molar-refractivity contribution is -0.101. The number of carbonyl (C=O) groups is 1. The summed E-state index contributed by atoms with van der Waals surface area (Å²) in [6.45, 7) is 2.91. The van der Waals surface area contributed by atoms with Crippen LogP contribution in [0.5, 0.6) is 5.75 Å². The molecule has 7 heteroatoms. The van der Waals surface area contributed by atoms with Gasteiger partial charge in [0.1, 0.15) is 5.75 Å². The van der Waals surface area contributed by atoms with Crippen LogP contribution < -0.4 is 9.64 Å². The predicted octanol–water partition coefficient (Wildman–Crippen LogP) is 5.17. The maximum absolute atomic E-state index is 12.4. The van der Waals surface area contributed by atoms with Crippen molar-refractivity contribution in [2.75, 3.05) is 38.3 Å². The molecule has 5 atom stereocenters. The van der Waals surface area contributed by atoms with Crippen molar-refractivity contribution in [3.8, 4) is 5.75 Å². The number of halogens is 1. The minimum absolute atomic E-state index is 0.123. The van der Waals surface area contributed by atoms with Gasteiger partial charge in [0, 0.05) is 30.1 Å². The maximum Gasteiger partial charge on any atom is 0.337 e. The first-order chi connectivity index (χ1) is 18.0. The number of hydrogen-bond donors (Lipinski definition) is 1. The minimum Gasteiger partial charge on any atom is -0.490 e. The van der Waals surface area contributed by atoms with Crippen LogP contribution in [0.2, 0.25) is 5.02 Å². The number of anilines is 1. The third kappa shape index (κ3) is 4.73. The SMILES string of the molecule is COC(=O)c1ccc2c(c1)N(C[C@@H]1CC[C@H]1[C@H]1C[C@@H](O)CCO1)CC1(CCCc3cc(Cl)ccc31)CO2. The number of esters is 1. The Kier molecular flexibility index (Phi) is 6.85. The van der Waals surface area contributed by atoms with E-state index in [9.17, 15) is 9.90 Å². The Morgan fingerprint density at radius 3 is 2.89 bits per heavy atom. The number of benzene rings is 2. The van der Waals surface area contributed by atoms with Gasteiger partial charge in [0.25, 0.3) is 0 Å². The first-order valence-corrected chi connectivity index (χ1v) is 14.0. The fraction of sp³-hybridized carbons (Fsp3) is 0.567. The monoisotopic (exact) mass is 525 g/mol. The number of fused-ring (bicyclic) bond motifs is 3. The third-order valence-electron chi connectivity index (χ3n) is 9.15. The summed E-state index contributed by atoms with van der Waals surface area (Å²) < 4.78 is 17.7. The average molecular weight is 526 g/mol. The molecule has 2 aliphatic heterocycles. The second kappa shape index (κ2) is 10.1. The molecule has 1 saturated heterocycles. The normalized spacial score (nSPS) is 30.9. The highest BCUT2D eigenvalue weighted by molar-refractivity contribution is 6.30. The maximum atomic E-state index is 12.4. The van der Waals surface area contributed by atoms with E-state index in [4.69, 9.17) is 25.8 Å². The molecule has 0 radical (unpaired) electrons. The van der Waals surface area contributed by atoms with Gasteiger partial charge < -0.3 is 24.2 Å². The van der Waals surface area contributed by atoms with Crippen LogP contribution >= 0.6 is 11.6 Å². The van der Waals surface area contributed by atoms with Gasteiger partial charge in [-0.1, -0.05) is 17.7 Å². The van der Waals surface area contributed by atoms with E-state index in [0.717, 1.165) is 74.5 Å². The molecule has 0 amide bonds. The molecule has 6 nitrogen and oxygen atoms in total. The lowest BCUT2D eigenvalue weighted by Crippen LogP contribution is -2.50. The van der Waals surface area contributed by atoms with Crippen molar-refractivity contribution in [3.05, 3.63) is 58.1 Å². The summed E-state index contributed by atoms with van der Waals surface area (Å²) >= 11 is 6.38. The number of aliphatic hydroxyl groups excluding tert-OH is 1. The zero-order valence-electron chi connectivity index (χ0n) is 21.5. The molecule has 1 N–H and O–H groups in total. The quantitative estimate of drug-likeness (QED) is 0.556. The summed E-state index contributed by atoms with van der Waals surface area (Å²) in [5.74, 6) is 1.38. The average Bonchev–Trinajstić information content (AvgIpc) is 3.03. The summed E-state index contributed by atoms with van der Waals surface area (Å²) in [5, 5.41) is 11.0. The third-order valence-corrected chi connectivity index (χ3v) is 9.39. The molecule has 2 aromatic rings. The lowest BCUT2D eigenvalue weighted by atomic mass is 9.67. The summed E-state index contributed by atoms with van der Waals surface area (Å²) in [5.41, 5.74) is 3.98. The molecule has 0 bridgehead atoms. The smallest absolute Gasteiger partial charge is 0.337 e. The zero-order valence-corrected chi connectivity index (χ0v) is 22.2. The van der Waals surface area contributed by atoms with Crippen LogP contribution in [0.15, 0.2) is 36.4 Å². The number of aryl methyl sites for hydroxylation is 1. The standard InChI is InChI=1S/C30H36ClNO5/c1-35-29(34)20-5-9-27-26(14-20)32(16-21-4-7-24(21)28-15-23(33)10-12-36-28)17-30(18-37-27)11-2-3-19-13-22(31)6-8-25(19)30/h5-6,8-9,13-14,21,23-24,28,33H,2-4,7,10-12,15-18H2,1H3/t21-,23-,24+,28+,30?/m0/s1. The van der Waals surface area contributed by atoms with Crippen LogP contribution in [-0.4, -0.2) is 56.7 Å². The second-order valence-corrected chi connectivity index (χ2v) is 11.8. The van der Waals surface area contributed by atoms with Crippen LogP contribution in [0.3, 0.4) is 0 Å². The van der Waals surface area contributed by atoms with Crippen molar-refractivity contribution in [1.82, 2.24) is 0 Å². The van der Waals surface area contributed by atoms with Crippen LogP contribution in [0.4, 0.5) is 5.69 Å². The number of rotatable bonds is 4. The molecule has 2 aliphatic carbocycles. The fourth-order valence-corrected chi connectivity index (χ4v) is 7.26. The van der Waals surface area contributed by atoms with E-state index in [-0.39, 0.29) is 23.6 Å². The summed E-state index contributed by atoms with van der Waals surface area (Å²) in [4.78, 5) is 14.9. The van der Waals surface area contributed by atoms with Gasteiger partial charge in [-0.25, -0.2) is 4.79 Å². The molecule has 37 heavy (non-hydrogen) atoms.